The minimum absolute atomic E-state index is 0.0486. The molecule has 0 spiro atoms. The van der Waals surface area contributed by atoms with Crippen LogP contribution >= 0.6 is 11.9 Å². The van der Waals surface area contributed by atoms with E-state index in [0.717, 1.165) is 21.6 Å². The quantitative estimate of drug-likeness (QED) is 0.685. The topological polar surface area (TPSA) is 54.3 Å². The van der Waals surface area contributed by atoms with Gasteiger partial charge in [-0.25, -0.2) is 4.72 Å². The first kappa shape index (κ1) is 14.7. The van der Waals surface area contributed by atoms with Gasteiger partial charge in [0.05, 0.1) is 6.54 Å². The Bertz CT molecular complexity index is 722. The number of fused-ring (bicyclic) bond motifs is 1. The normalized spacial score (nSPS) is 10.7. The second-order valence-corrected chi connectivity index (χ2v) is 5.68. The second-order valence-electron chi connectivity index (χ2n) is 4.79. The van der Waals surface area contributed by atoms with Crippen LogP contribution in [0.3, 0.4) is 0 Å². The number of carbonyl (C=O) groups is 1. The van der Waals surface area contributed by atoms with Gasteiger partial charge in [0, 0.05) is 11.9 Å². The standard InChI is InChI=1S/C17H16N2O2S/c20-16(18-11-13-6-2-1-3-7-13)12-19-22-17-10-14-8-4-5-9-15(14)21-17/h1-10,19H,11-12H2,(H,18,20). The summed E-state index contributed by atoms with van der Waals surface area (Å²) in [6.07, 6.45) is 0. The number of rotatable bonds is 6. The van der Waals surface area contributed by atoms with Crippen molar-refractivity contribution in [3.63, 3.8) is 0 Å². The van der Waals surface area contributed by atoms with Crippen molar-refractivity contribution < 1.29 is 9.21 Å². The average molecular weight is 312 g/mol. The summed E-state index contributed by atoms with van der Waals surface area (Å²) in [5.41, 5.74) is 1.93. The second kappa shape index (κ2) is 7.15. The van der Waals surface area contributed by atoms with Crippen molar-refractivity contribution >= 4 is 28.8 Å². The Labute approximate surface area is 133 Å². The van der Waals surface area contributed by atoms with E-state index in [9.17, 15) is 4.79 Å². The molecule has 0 saturated heterocycles. The predicted octanol–water partition coefficient (Wildman–Crippen LogP) is 3.35. The number of para-hydroxylation sites is 1. The molecule has 1 amide bonds. The molecule has 0 aliphatic heterocycles. The molecule has 0 radical (unpaired) electrons. The van der Waals surface area contributed by atoms with Gasteiger partial charge in [0.2, 0.25) is 5.91 Å². The van der Waals surface area contributed by atoms with Gasteiger partial charge in [0.15, 0.2) is 5.09 Å². The molecule has 3 rings (SSSR count). The van der Waals surface area contributed by atoms with E-state index in [1.807, 2.05) is 60.7 Å². The number of amides is 1. The van der Waals surface area contributed by atoms with E-state index < -0.39 is 0 Å². The molecular weight excluding hydrogens is 296 g/mol. The van der Waals surface area contributed by atoms with Gasteiger partial charge in [0.25, 0.3) is 0 Å². The van der Waals surface area contributed by atoms with Crippen LogP contribution in [-0.4, -0.2) is 12.5 Å². The lowest BCUT2D eigenvalue weighted by Crippen LogP contribution is -2.30. The Morgan fingerprint density at radius 3 is 2.64 bits per heavy atom. The molecule has 3 aromatic rings. The monoisotopic (exact) mass is 312 g/mol. The molecule has 0 aliphatic carbocycles. The lowest BCUT2D eigenvalue weighted by Gasteiger charge is -2.05. The average Bonchev–Trinajstić information content (AvgIpc) is 2.96. The Morgan fingerprint density at radius 1 is 1.05 bits per heavy atom. The van der Waals surface area contributed by atoms with Crippen LogP contribution in [0, 0.1) is 0 Å². The fourth-order valence-electron chi connectivity index (χ4n) is 2.04. The van der Waals surface area contributed by atoms with E-state index in [1.54, 1.807) is 0 Å². The Balaban J connectivity index is 1.43. The molecular formula is C17H16N2O2S. The van der Waals surface area contributed by atoms with Gasteiger partial charge in [-0.1, -0.05) is 48.5 Å². The van der Waals surface area contributed by atoms with Gasteiger partial charge in [-0.3, -0.25) is 4.79 Å². The van der Waals surface area contributed by atoms with E-state index in [0.29, 0.717) is 6.54 Å². The van der Waals surface area contributed by atoms with Crippen LogP contribution in [0.2, 0.25) is 0 Å². The van der Waals surface area contributed by atoms with Gasteiger partial charge >= 0.3 is 0 Å². The van der Waals surface area contributed by atoms with Crippen molar-refractivity contribution in [2.24, 2.45) is 0 Å². The minimum atomic E-state index is -0.0486. The molecule has 4 nitrogen and oxygen atoms in total. The largest absolute Gasteiger partial charge is 0.449 e. The summed E-state index contributed by atoms with van der Waals surface area (Å²) in [5, 5.41) is 4.67. The fourth-order valence-corrected chi connectivity index (χ4v) is 2.70. The molecule has 0 unspecified atom stereocenters. The molecule has 1 heterocycles. The first-order valence-electron chi connectivity index (χ1n) is 7.00. The van der Waals surface area contributed by atoms with Crippen molar-refractivity contribution in [2.75, 3.05) is 6.54 Å². The zero-order chi connectivity index (χ0) is 15.2. The highest BCUT2D eigenvalue weighted by Gasteiger charge is 2.05. The zero-order valence-corrected chi connectivity index (χ0v) is 12.7. The molecule has 112 valence electrons. The molecule has 0 bridgehead atoms. The van der Waals surface area contributed by atoms with E-state index in [4.69, 9.17) is 4.42 Å². The molecule has 0 fully saturated rings. The molecule has 2 N–H and O–H groups in total. The summed E-state index contributed by atoms with van der Waals surface area (Å²) in [4.78, 5) is 11.8. The van der Waals surface area contributed by atoms with Crippen molar-refractivity contribution in [1.82, 2.24) is 10.0 Å². The molecule has 0 saturated carbocycles. The first-order valence-corrected chi connectivity index (χ1v) is 7.82. The summed E-state index contributed by atoms with van der Waals surface area (Å²) >= 11 is 1.32. The summed E-state index contributed by atoms with van der Waals surface area (Å²) in [6.45, 7) is 0.769. The maximum atomic E-state index is 11.8. The van der Waals surface area contributed by atoms with Gasteiger partial charge in [-0.05, 0) is 29.6 Å². The molecule has 5 heteroatoms. The van der Waals surface area contributed by atoms with Gasteiger partial charge in [-0.2, -0.15) is 0 Å². The highest BCUT2D eigenvalue weighted by Crippen LogP contribution is 2.24. The van der Waals surface area contributed by atoms with Gasteiger partial charge in [0.1, 0.15) is 5.58 Å². The third-order valence-electron chi connectivity index (χ3n) is 3.14. The van der Waals surface area contributed by atoms with Crippen molar-refractivity contribution in [3.8, 4) is 0 Å². The lowest BCUT2D eigenvalue weighted by atomic mass is 10.2. The molecule has 0 aliphatic rings. The summed E-state index contributed by atoms with van der Waals surface area (Å²) in [7, 11) is 0. The SMILES string of the molecule is O=C(CNSc1cc2ccccc2o1)NCc1ccccc1. The maximum absolute atomic E-state index is 11.8. The number of furan rings is 1. The highest BCUT2D eigenvalue weighted by molar-refractivity contribution is 7.97. The zero-order valence-electron chi connectivity index (χ0n) is 11.9. The van der Waals surface area contributed by atoms with Crippen LogP contribution in [0.25, 0.3) is 11.0 Å². The molecule has 22 heavy (non-hydrogen) atoms. The number of benzene rings is 2. The van der Waals surface area contributed by atoms with Crippen LogP contribution in [0.5, 0.6) is 0 Å². The fraction of sp³-hybridized carbons (Fsp3) is 0.118. The van der Waals surface area contributed by atoms with Crippen LogP contribution in [0.15, 0.2) is 70.2 Å². The Morgan fingerprint density at radius 2 is 1.82 bits per heavy atom. The first-order chi connectivity index (χ1) is 10.8. The minimum Gasteiger partial charge on any atom is -0.449 e. The number of nitrogens with one attached hydrogen (secondary N) is 2. The van der Waals surface area contributed by atoms with Crippen molar-refractivity contribution in [2.45, 2.75) is 11.6 Å². The lowest BCUT2D eigenvalue weighted by molar-refractivity contribution is -0.120. The third kappa shape index (κ3) is 3.90. The third-order valence-corrected chi connectivity index (χ3v) is 3.83. The Hall–Kier alpha value is -2.24. The Kier molecular flexibility index (Phi) is 4.78. The predicted molar refractivity (Wildman–Crippen MR) is 88.4 cm³/mol. The summed E-state index contributed by atoms with van der Waals surface area (Å²) in [6, 6.07) is 19.6. The molecule has 0 atom stereocenters. The van der Waals surface area contributed by atoms with Crippen LogP contribution in [0.1, 0.15) is 5.56 Å². The van der Waals surface area contributed by atoms with E-state index >= 15 is 0 Å². The van der Waals surface area contributed by atoms with E-state index in [1.165, 1.54) is 11.9 Å². The number of hydrogen-bond donors (Lipinski definition) is 2. The van der Waals surface area contributed by atoms with Crippen LogP contribution < -0.4 is 10.0 Å². The number of hydrogen-bond acceptors (Lipinski definition) is 4. The molecule has 2 aromatic carbocycles. The van der Waals surface area contributed by atoms with Crippen LogP contribution in [0.4, 0.5) is 0 Å². The van der Waals surface area contributed by atoms with Gasteiger partial charge < -0.3 is 9.73 Å². The summed E-state index contributed by atoms with van der Waals surface area (Å²) in [5.74, 6) is -0.0486. The maximum Gasteiger partial charge on any atom is 0.235 e. The van der Waals surface area contributed by atoms with Crippen molar-refractivity contribution in [3.05, 3.63) is 66.2 Å². The van der Waals surface area contributed by atoms with E-state index in [2.05, 4.69) is 10.0 Å². The highest BCUT2D eigenvalue weighted by atomic mass is 32.2. The number of carbonyl (C=O) groups excluding carboxylic acids is 1. The van der Waals surface area contributed by atoms with Crippen molar-refractivity contribution in [1.29, 1.82) is 0 Å². The van der Waals surface area contributed by atoms with Crippen LogP contribution in [-0.2, 0) is 11.3 Å². The summed E-state index contributed by atoms with van der Waals surface area (Å²) < 4.78 is 8.66. The molecule has 1 aromatic heterocycles. The smallest absolute Gasteiger partial charge is 0.235 e. The van der Waals surface area contributed by atoms with Gasteiger partial charge in [-0.15, -0.1) is 0 Å². The van der Waals surface area contributed by atoms with E-state index in [-0.39, 0.29) is 12.5 Å².